The van der Waals surface area contributed by atoms with Crippen LogP contribution in [0.1, 0.15) is 40.5 Å². The van der Waals surface area contributed by atoms with Crippen LogP contribution in [0, 0.1) is 11.8 Å². The molecule has 0 amide bonds. The zero-order valence-corrected chi connectivity index (χ0v) is 9.01. The number of hydrogen-bond acceptors (Lipinski definition) is 1. The van der Waals surface area contributed by atoms with Crippen LogP contribution in [0.25, 0.3) is 0 Å². The van der Waals surface area contributed by atoms with Gasteiger partial charge >= 0.3 is 0 Å². The highest BCUT2D eigenvalue weighted by molar-refractivity contribution is 4.78. The van der Waals surface area contributed by atoms with Gasteiger partial charge in [0, 0.05) is 12.6 Å². The molecular weight excluding hydrogens is 146 g/mol. The standard InChI is InChI=1S/C11H23N/c1-9(2)7-11-5-6-12(8-11)10(3)4/h9-11H,5-8H2,1-4H3. The van der Waals surface area contributed by atoms with Crippen LogP contribution >= 0.6 is 0 Å². The molecule has 0 radical (unpaired) electrons. The first-order valence-corrected chi connectivity index (χ1v) is 5.33. The lowest BCUT2D eigenvalue weighted by atomic mass is 9.97. The Kier molecular flexibility index (Phi) is 3.57. The topological polar surface area (TPSA) is 3.24 Å². The number of nitrogens with zero attached hydrogens (tertiary/aromatic N) is 1. The van der Waals surface area contributed by atoms with Crippen molar-refractivity contribution in [3.63, 3.8) is 0 Å². The van der Waals surface area contributed by atoms with Crippen molar-refractivity contribution in [2.45, 2.75) is 46.6 Å². The second-order valence-electron chi connectivity index (χ2n) is 4.87. The zero-order chi connectivity index (χ0) is 9.14. The van der Waals surface area contributed by atoms with Crippen molar-refractivity contribution in [3.8, 4) is 0 Å². The molecule has 1 atom stereocenters. The molecule has 1 saturated heterocycles. The fraction of sp³-hybridized carbons (Fsp3) is 1.00. The summed E-state index contributed by atoms with van der Waals surface area (Å²) in [5, 5.41) is 0. The predicted molar refractivity (Wildman–Crippen MR) is 54.3 cm³/mol. The van der Waals surface area contributed by atoms with E-state index in [2.05, 4.69) is 32.6 Å². The SMILES string of the molecule is CC(C)CC1CCN(C(C)C)C1. The van der Waals surface area contributed by atoms with E-state index in [-0.39, 0.29) is 0 Å². The van der Waals surface area contributed by atoms with Crippen molar-refractivity contribution in [1.29, 1.82) is 0 Å². The lowest BCUT2D eigenvalue weighted by Gasteiger charge is -2.20. The Balaban J connectivity index is 2.26. The molecule has 1 unspecified atom stereocenters. The van der Waals surface area contributed by atoms with E-state index in [4.69, 9.17) is 0 Å². The molecule has 12 heavy (non-hydrogen) atoms. The van der Waals surface area contributed by atoms with Crippen LogP contribution in [0.3, 0.4) is 0 Å². The maximum Gasteiger partial charge on any atom is 0.00387 e. The second-order valence-corrected chi connectivity index (χ2v) is 4.87. The Hall–Kier alpha value is -0.0400. The molecule has 1 heterocycles. The number of hydrogen-bond donors (Lipinski definition) is 0. The van der Waals surface area contributed by atoms with Gasteiger partial charge in [0.2, 0.25) is 0 Å². The minimum absolute atomic E-state index is 0.752. The van der Waals surface area contributed by atoms with Crippen LogP contribution in [-0.4, -0.2) is 24.0 Å². The molecular formula is C11H23N. The van der Waals surface area contributed by atoms with Gasteiger partial charge in [-0.15, -0.1) is 0 Å². The molecule has 1 fully saturated rings. The minimum atomic E-state index is 0.752. The molecule has 0 aliphatic carbocycles. The highest BCUT2D eigenvalue weighted by Crippen LogP contribution is 2.24. The summed E-state index contributed by atoms with van der Waals surface area (Å²) in [4.78, 5) is 2.60. The summed E-state index contributed by atoms with van der Waals surface area (Å²) in [7, 11) is 0. The third kappa shape index (κ3) is 2.78. The summed E-state index contributed by atoms with van der Waals surface area (Å²) in [6.45, 7) is 11.9. The average molecular weight is 169 g/mol. The molecule has 1 rings (SSSR count). The van der Waals surface area contributed by atoms with Crippen molar-refractivity contribution >= 4 is 0 Å². The fourth-order valence-electron chi connectivity index (χ4n) is 2.19. The Labute approximate surface area is 77.1 Å². The van der Waals surface area contributed by atoms with Crippen LogP contribution < -0.4 is 0 Å². The molecule has 1 aliphatic heterocycles. The van der Waals surface area contributed by atoms with Crippen LogP contribution in [0.5, 0.6) is 0 Å². The maximum absolute atomic E-state index is 2.60. The molecule has 0 aromatic rings. The van der Waals surface area contributed by atoms with Crippen molar-refractivity contribution in [2.75, 3.05) is 13.1 Å². The van der Waals surface area contributed by atoms with Crippen molar-refractivity contribution in [2.24, 2.45) is 11.8 Å². The van der Waals surface area contributed by atoms with Gasteiger partial charge in [-0.1, -0.05) is 13.8 Å². The molecule has 0 spiro atoms. The summed E-state index contributed by atoms with van der Waals surface area (Å²) < 4.78 is 0. The maximum atomic E-state index is 2.60. The monoisotopic (exact) mass is 169 g/mol. The first-order chi connectivity index (χ1) is 5.59. The normalized spacial score (nSPS) is 26.0. The Bertz CT molecular complexity index is 129. The van der Waals surface area contributed by atoms with Crippen LogP contribution in [0.4, 0.5) is 0 Å². The molecule has 0 N–H and O–H groups in total. The van der Waals surface area contributed by atoms with Gasteiger partial charge in [-0.3, -0.25) is 0 Å². The van der Waals surface area contributed by atoms with Gasteiger partial charge in [0.05, 0.1) is 0 Å². The van der Waals surface area contributed by atoms with E-state index in [1.165, 1.54) is 25.9 Å². The van der Waals surface area contributed by atoms with Gasteiger partial charge in [0.15, 0.2) is 0 Å². The summed E-state index contributed by atoms with van der Waals surface area (Å²) in [5.41, 5.74) is 0. The molecule has 1 nitrogen and oxygen atoms in total. The van der Waals surface area contributed by atoms with Gasteiger partial charge in [-0.2, -0.15) is 0 Å². The second kappa shape index (κ2) is 4.27. The van der Waals surface area contributed by atoms with Gasteiger partial charge in [0.25, 0.3) is 0 Å². The van der Waals surface area contributed by atoms with E-state index in [9.17, 15) is 0 Å². The molecule has 72 valence electrons. The lowest BCUT2D eigenvalue weighted by Crippen LogP contribution is -2.28. The van der Waals surface area contributed by atoms with Gasteiger partial charge < -0.3 is 4.90 Å². The molecule has 0 bridgehead atoms. The van der Waals surface area contributed by atoms with Crippen LogP contribution in [0.2, 0.25) is 0 Å². The Morgan fingerprint density at radius 1 is 1.25 bits per heavy atom. The minimum Gasteiger partial charge on any atom is -0.301 e. The quantitative estimate of drug-likeness (QED) is 0.628. The molecule has 0 saturated carbocycles. The summed E-state index contributed by atoms with van der Waals surface area (Å²) in [5.74, 6) is 1.86. The average Bonchev–Trinajstić information content (AvgIpc) is 2.34. The zero-order valence-electron chi connectivity index (χ0n) is 9.01. The first kappa shape index (κ1) is 10.0. The fourth-order valence-corrected chi connectivity index (χ4v) is 2.19. The van der Waals surface area contributed by atoms with Gasteiger partial charge in [-0.05, 0) is 45.1 Å². The summed E-state index contributed by atoms with van der Waals surface area (Å²) in [6.07, 6.45) is 2.85. The van der Waals surface area contributed by atoms with E-state index < -0.39 is 0 Å². The lowest BCUT2D eigenvalue weighted by molar-refractivity contribution is 0.259. The predicted octanol–water partition coefficient (Wildman–Crippen LogP) is 2.76. The smallest absolute Gasteiger partial charge is 0.00387 e. The number of likely N-dealkylation sites (tertiary alicyclic amines) is 1. The van der Waals surface area contributed by atoms with Gasteiger partial charge in [0.1, 0.15) is 0 Å². The molecule has 1 aliphatic rings. The molecule has 0 aromatic heterocycles. The molecule has 0 aromatic carbocycles. The summed E-state index contributed by atoms with van der Waals surface area (Å²) in [6, 6.07) is 0.752. The van der Waals surface area contributed by atoms with Crippen molar-refractivity contribution < 1.29 is 0 Å². The molecule has 1 heteroatoms. The van der Waals surface area contributed by atoms with E-state index in [1.54, 1.807) is 0 Å². The van der Waals surface area contributed by atoms with E-state index in [0.29, 0.717) is 0 Å². The van der Waals surface area contributed by atoms with Crippen LogP contribution in [-0.2, 0) is 0 Å². The van der Waals surface area contributed by atoms with E-state index in [0.717, 1.165) is 17.9 Å². The summed E-state index contributed by atoms with van der Waals surface area (Å²) >= 11 is 0. The highest BCUT2D eigenvalue weighted by atomic mass is 15.2. The Morgan fingerprint density at radius 2 is 1.92 bits per heavy atom. The third-order valence-electron chi connectivity index (χ3n) is 2.85. The third-order valence-corrected chi connectivity index (χ3v) is 2.85. The first-order valence-electron chi connectivity index (χ1n) is 5.33. The van der Waals surface area contributed by atoms with Crippen molar-refractivity contribution in [1.82, 2.24) is 4.90 Å². The van der Waals surface area contributed by atoms with Gasteiger partial charge in [-0.25, -0.2) is 0 Å². The van der Waals surface area contributed by atoms with E-state index >= 15 is 0 Å². The van der Waals surface area contributed by atoms with E-state index in [1.807, 2.05) is 0 Å². The Morgan fingerprint density at radius 3 is 2.33 bits per heavy atom. The highest BCUT2D eigenvalue weighted by Gasteiger charge is 2.24. The van der Waals surface area contributed by atoms with Crippen LogP contribution in [0.15, 0.2) is 0 Å². The van der Waals surface area contributed by atoms with Crippen molar-refractivity contribution in [3.05, 3.63) is 0 Å². The largest absolute Gasteiger partial charge is 0.301 e. The number of rotatable bonds is 3.